The summed E-state index contributed by atoms with van der Waals surface area (Å²) in [4.78, 5) is 12.8. The Morgan fingerprint density at radius 1 is 0.980 bits per heavy atom. The average molecular weight is 740 g/mol. The lowest BCUT2D eigenvalue weighted by Crippen LogP contribution is -2.30. The van der Waals surface area contributed by atoms with Crippen molar-refractivity contribution in [3.8, 4) is 11.3 Å². The fourth-order valence-electron chi connectivity index (χ4n) is 6.55. The van der Waals surface area contributed by atoms with Gasteiger partial charge in [-0.05, 0) is 87.6 Å². The Kier molecular flexibility index (Phi) is 12.2. The van der Waals surface area contributed by atoms with Crippen LogP contribution in [0, 0.1) is 0 Å². The summed E-state index contributed by atoms with van der Waals surface area (Å²) in [7, 11) is -9.30. The summed E-state index contributed by atoms with van der Waals surface area (Å²) in [5.74, 6) is 0.0144. The first-order valence-corrected chi connectivity index (χ1v) is 20.0. The Labute approximate surface area is 301 Å². The molecule has 1 aliphatic carbocycles. The number of hydrogen-bond donors (Lipinski definition) is 1. The summed E-state index contributed by atoms with van der Waals surface area (Å²) < 4.78 is 79.0. The Hall–Kier alpha value is -4.04. The molecule has 1 aromatic rings. The van der Waals surface area contributed by atoms with Gasteiger partial charge in [-0.25, -0.2) is 21.4 Å². The molecule has 2 heterocycles. The van der Waals surface area contributed by atoms with Crippen molar-refractivity contribution in [1.29, 1.82) is 0 Å². The van der Waals surface area contributed by atoms with Crippen molar-refractivity contribution < 1.29 is 40.3 Å². The van der Waals surface area contributed by atoms with Crippen LogP contribution in [-0.2, 0) is 35.9 Å². The van der Waals surface area contributed by atoms with Crippen molar-refractivity contribution in [2.75, 3.05) is 30.3 Å². The molecule has 0 bridgehead atoms. The molecule has 0 aromatic heterocycles. The van der Waals surface area contributed by atoms with Gasteiger partial charge in [-0.15, -0.1) is 0 Å². The largest absolute Gasteiger partial charge is 0.748 e. The first-order chi connectivity index (χ1) is 23.8. The summed E-state index contributed by atoms with van der Waals surface area (Å²) in [5, 5.41) is 10.4. The minimum absolute atomic E-state index is 0.00271. The molecule has 0 radical (unpaired) electrons. The zero-order valence-electron chi connectivity index (χ0n) is 30.0. The molecule has 1 aromatic carbocycles. The second-order valence-electron chi connectivity index (χ2n) is 13.9. The van der Waals surface area contributed by atoms with Crippen LogP contribution < -0.4 is 14.8 Å². The third-order valence-electron chi connectivity index (χ3n) is 9.24. The maximum absolute atomic E-state index is 12.0. The lowest BCUT2D eigenvalue weighted by molar-refractivity contribution is -0.137. The number of benzene rings is 2. The molecule has 11 nitrogen and oxygen atoms in total. The maximum atomic E-state index is 12.0. The third-order valence-corrected chi connectivity index (χ3v) is 10.9. The number of aliphatic carboxylic acids is 1. The second-order valence-corrected chi connectivity index (χ2v) is 16.8. The van der Waals surface area contributed by atoms with Crippen LogP contribution >= 0.6 is 0 Å². The summed E-state index contributed by atoms with van der Waals surface area (Å²) >= 11 is 0. The Morgan fingerprint density at radius 2 is 1.69 bits per heavy atom. The first-order valence-electron chi connectivity index (χ1n) is 17.0. The number of anilines is 1. The van der Waals surface area contributed by atoms with E-state index in [0.29, 0.717) is 23.4 Å². The van der Waals surface area contributed by atoms with Crippen LogP contribution in [0.25, 0.3) is 17.4 Å². The smallest absolute Gasteiger partial charge is 0.303 e. The molecule has 1 atom stereocenters. The van der Waals surface area contributed by atoms with Crippen molar-refractivity contribution in [2.24, 2.45) is 0 Å². The molecule has 1 N–H and O–H groups in total. The van der Waals surface area contributed by atoms with E-state index in [4.69, 9.17) is 4.42 Å². The van der Waals surface area contributed by atoms with E-state index < -0.39 is 42.3 Å². The van der Waals surface area contributed by atoms with E-state index >= 15 is 0 Å². The normalized spacial score (nSPS) is 17.6. The van der Waals surface area contributed by atoms with E-state index in [-0.39, 0.29) is 31.2 Å². The van der Waals surface area contributed by atoms with Crippen LogP contribution in [0.15, 0.2) is 81.8 Å². The standard InChI is InChI=1S/C38H48N2O9S2/c1-7-39(8-2)28-17-19-30-27(24-35(37(3,4)5)49-33(30)25-28)14-10-9-11-15-34-38(6,21-12-16-36(41)42)31-26-29(51(46,47)48)18-20-32(31)40(34)22-13-23-50(43,44)45/h9-11,14-15,17-20,24-26H,7-8,12-13,16,21-23H2,1-6H3,(H2-,41,42,43,44,45,46,47,48)/p-1. The SMILES string of the molecule is CC[N+](CC)=c1ccc2c(/C=C/C=C/C=C3\N(CCCS(=O)(=O)[O-])c4ccc(S(=O)(=O)[O-])cc4C3(C)CCCC(=O)O)cc(C(C)(C)C)oc-2c1. The van der Waals surface area contributed by atoms with Crippen LogP contribution in [0.2, 0.25) is 0 Å². The van der Waals surface area contributed by atoms with Gasteiger partial charge in [0.15, 0.2) is 0 Å². The molecular formula is C38H47N2O9S2-. The fraction of sp³-hybridized carbons (Fsp3) is 0.421. The van der Waals surface area contributed by atoms with Gasteiger partial charge in [-0.3, -0.25) is 4.79 Å². The number of carboxylic acid groups (broad SMARTS) is 1. The number of hydrogen-bond acceptors (Lipinski definition) is 9. The molecule has 0 saturated heterocycles. The van der Waals surface area contributed by atoms with E-state index in [1.54, 1.807) is 6.08 Å². The Balaban J connectivity index is 1.79. The van der Waals surface area contributed by atoms with Crippen molar-refractivity contribution in [1.82, 2.24) is 4.58 Å². The predicted molar refractivity (Wildman–Crippen MR) is 196 cm³/mol. The molecule has 1 unspecified atom stereocenters. The van der Waals surface area contributed by atoms with Gasteiger partial charge in [-0.1, -0.05) is 45.1 Å². The number of carboxylic acids is 1. The minimum Gasteiger partial charge on any atom is -0.748 e. The molecule has 51 heavy (non-hydrogen) atoms. The maximum Gasteiger partial charge on any atom is 0.303 e. The van der Waals surface area contributed by atoms with Gasteiger partial charge in [-0.2, -0.15) is 0 Å². The number of fused-ring (bicyclic) bond motifs is 2. The fourth-order valence-corrected chi connectivity index (χ4v) is 7.53. The summed E-state index contributed by atoms with van der Waals surface area (Å²) in [6.07, 6.45) is 9.73. The highest BCUT2D eigenvalue weighted by molar-refractivity contribution is 7.86. The van der Waals surface area contributed by atoms with Crippen LogP contribution in [-0.4, -0.2) is 62.4 Å². The topological polar surface area (TPSA) is 171 Å². The highest BCUT2D eigenvalue weighted by Gasteiger charge is 2.43. The quantitative estimate of drug-likeness (QED) is 0.121. The molecule has 0 saturated carbocycles. The van der Waals surface area contributed by atoms with Gasteiger partial charge in [0.1, 0.15) is 34.7 Å². The van der Waals surface area contributed by atoms with E-state index in [0.717, 1.165) is 41.1 Å². The second kappa shape index (κ2) is 15.7. The number of carbonyl (C=O) groups is 1. The van der Waals surface area contributed by atoms with Crippen molar-refractivity contribution in [3.63, 3.8) is 0 Å². The summed E-state index contributed by atoms with van der Waals surface area (Å²) in [6, 6.07) is 12.2. The zero-order chi connectivity index (χ0) is 37.8. The molecule has 0 amide bonds. The predicted octanol–water partition coefficient (Wildman–Crippen LogP) is 5.82. The van der Waals surface area contributed by atoms with Gasteiger partial charge in [0.2, 0.25) is 5.36 Å². The molecule has 13 heteroatoms. The molecule has 0 spiro atoms. The van der Waals surface area contributed by atoms with Crippen LogP contribution in [0.4, 0.5) is 5.69 Å². The molecule has 0 fully saturated rings. The van der Waals surface area contributed by atoms with Crippen molar-refractivity contribution >= 4 is 38.0 Å². The van der Waals surface area contributed by atoms with Gasteiger partial charge in [0, 0.05) is 52.6 Å². The van der Waals surface area contributed by atoms with Gasteiger partial charge in [0.05, 0.1) is 21.1 Å². The average Bonchev–Trinajstić information content (AvgIpc) is 3.25. The molecule has 276 valence electrons. The van der Waals surface area contributed by atoms with Gasteiger partial charge in [0.25, 0.3) is 0 Å². The van der Waals surface area contributed by atoms with Crippen LogP contribution in [0.3, 0.4) is 0 Å². The Morgan fingerprint density at radius 3 is 2.29 bits per heavy atom. The minimum atomic E-state index is -4.80. The van der Waals surface area contributed by atoms with Crippen LogP contribution in [0.5, 0.6) is 0 Å². The highest BCUT2D eigenvalue weighted by Crippen LogP contribution is 2.51. The molecule has 2 aliphatic heterocycles. The van der Waals surface area contributed by atoms with Crippen LogP contribution in [0.1, 0.15) is 84.1 Å². The number of nitrogens with zero attached hydrogens (tertiary/aromatic N) is 2. The molecule has 4 rings (SSSR count). The number of allylic oxidation sites excluding steroid dienone is 5. The first kappa shape index (κ1) is 39.7. The Bertz CT molecular complexity index is 2120. The van der Waals surface area contributed by atoms with E-state index in [1.807, 2.05) is 42.2 Å². The molecular weight excluding hydrogens is 693 g/mol. The van der Waals surface area contributed by atoms with E-state index in [2.05, 4.69) is 57.4 Å². The van der Waals surface area contributed by atoms with Gasteiger partial charge < -0.3 is 23.5 Å². The van der Waals surface area contributed by atoms with Gasteiger partial charge >= 0.3 is 5.97 Å². The summed E-state index contributed by atoms with van der Waals surface area (Å²) in [6.45, 7) is 14.2. The zero-order valence-corrected chi connectivity index (χ0v) is 31.6. The number of rotatable bonds is 14. The van der Waals surface area contributed by atoms with Crippen molar-refractivity contribution in [2.45, 2.75) is 83.0 Å². The molecule has 3 aliphatic rings. The van der Waals surface area contributed by atoms with E-state index in [1.165, 1.54) is 18.2 Å². The van der Waals surface area contributed by atoms with Crippen molar-refractivity contribution in [3.05, 3.63) is 94.7 Å². The monoisotopic (exact) mass is 739 g/mol. The highest BCUT2D eigenvalue weighted by atomic mass is 32.2. The third kappa shape index (κ3) is 9.65. The summed E-state index contributed by atoms with van der Waals surface area (Å²) in [5.41, 5.74) is 2.44. The lowest BCUT2D eigenvalue weighted by Gasteiger charge is -2.30. The lowest BCUT2D eigenvalue weighted by atomic mass is 9.77. The van der Waals surface area contributed by atoms with E-state index in [9.17, 15) is 35.8 Å².